The Bertz CT molecular complexity index is 735. The molecule has 0 spiro atoms. The summed E-state index contributed by atoms with van der Waals surface area (Å²) in [5.41, 5.74) is 3.90. The number of aromatic amines is 1. The van der Waals surface area contributed by atoms with E-state index in [4.69, 9.17) is 4.74 Å². The van der Waals surface area contributed by atoms with Crippen LogP contribution in [0.4, 0.5) is 0 Å². The third-order valence-corrected chi connectivity index (χ3v) is 4.77. The summed E-state index contributed by atoms with van der Waals surface area (Å²) in [7, 11) is 0. The van der Waals surface area contributed by atoms with Crippen molar-refractivity contribution in [3.05, 3.63) is 35.0 Å². The second-order valence-corrected chi connectivity index (χ2v) is 6.70. The number of nitrogens with zero attached hydrogens (tertiary/aromatic N) is 2. The molecule has 136 valence electrons. The number of fused-ring (bicyclic) bond motifs is 1. The molecule has 0 saturated carbocycles. The second-order valence-electron chi connectivity index (χ2n) is 6.70. The highest BCUT2D eigenvalue weighted by Crippen LogP contribution is 2.22. The van der Waals surface area contributed by atoms with Crippen molar-refractivity contribution in [3.8, 4) is 0 Å². The minimum atomic E-state index is -0.0597. The normalized spacial score (nSPS) is 15.6. The number of ether oxygens (including phenoxy) is 1. The van der Waals surface area contributed by atoms with Crippen molar-refractivity contribution in [2.45, 2.75) is 13.8 Å². The third kappa shape index (κ3) is 4.21. The summed E-state index contributed by atoms with van der Waals surface area (Å²) in [6.07, 6.45) is 0. The lowest BCUT2D eigenvalue weighted by atomic mass is 10.1. The Hall–Kier alpha value is -1.89. The molecule has 1 aliphatic rings. The number of H-pyrrole nitrogens is 1. The number of morpholine rings is 1. The maximum atomic E-state index is 12.9. The van der Waals surface area contributed by atoms with Gasteiger partial charge in [0.05, 0.1) is 19.8 Å². The zero-order valence-electron chi connectivity index (χ0n) is 15.0. The first-order valence-corrected chi connectivity index (χ1v) is 8.88. The number of aliphatic hydroxyl groups is 1. The lowest BCUT2D eigenvalue weighted by Gasteiger charge is -2.29. The Morgan fingerprint density at radius 1 is 1.24 bits per heavy atom. The summed E-state index contributed by atoms with van der Waals surface area (Å²) in [5.74, 6) is -0.0597. The van der Waals surface area contributed by atoms with Crippen LogP contribution in [0.2, 0.25) is 0 Å². The van der Waals surface area contributed by atoms with Crippen LogP contribution in [0.25, 0.3) is 10.9 Å². The maximum absolute atomic E-state index is 12.9. The average molecular weight is 345 g/mol. The van der Waals surface area contributed by atoms with E-state index in [0.29, 0.717) is 18.8 Å². The van der Waals surface area contributed by atoms with E-state index in [2.05, 4.69) is 35.9 Å². The zero-order chi connectivity index (χ0) is 17.8. The van der Waals surface area contributed by atoms with Crippen molar-refractivity contribution in [1.82, 2.24) is 14.8 Å². The third-order valence-electron chi connectivity index (χ3n) is 4.77. The molecule has 3 rings (SSSR count). The fourth-order valence-electron chi connectivity index (χ4n) is 3.41. The molecule has 0 atom stereocenters. The molecule has 25 heavy (non-hydrogen) atoms. The molecule has 0 radical (unpaired) electrons. The molecule has 6 heteroatoms. The van der Waals surface area contributed by atoms with Gasteiger partial charge in [-0.3, -0.25) is 9.69 Å². The average Bonchev–Trinajstić information content (AvgIpc) is 3.03. The smallest absolute Gasteiger partial charge is 0.270 e. The quantitative estimate of drug-likeness (QED) is 0.834. The molecule has 1 fully saturated rings. The molecule has 1 aromatic heterocycles. The Morgan fingerprint density at radius 2 is 2.00 bits per heavy atom. The van der Waals surface area contributed by atoms with Gasteiger partial charge in [0, 0.05) is 43.6 Å². The number of aryl methyl sites for hydroxylation is 2. The van der Waals surface area contributed by atoms with Crippen LogP contribution in [-0.2, 0) is 4.74 Å². The van der Waals surface area contributed by atoms with Crippen LogP contribution in [-0.4, -0.2) is 78.3 Å². The van der Waals surface area contributed by atoms with Gasteiger partial charge in [-0.1, -0.05) is 6.07 Å². The topological polar surface area (TPSA) is 68.8 Å². The van der Waals surface area contributed by atoms with E-state index in [9.17, 15) is 9.90 Å². The van der Waals surface area contributed by atoms with E-state index < -0.39 is 0 Å². The van der Waals surface area contributed by atoms with Crippen LogP contribution in [0.3, 0.4) is 0 Å². The van der Waals surface area contributed by atoms with E-state index in [1.807, 2.05) is 6.07 Å². The van der Waals surface area contributed by atoms with Gasteiger partial charge in [0.25, 0.3) is 5.91 Å². The van der Waals surface area contributed by atoms with E-state index in [1.54, 1.807) is 4.90 Å². The summed E-state index contributed by atoms with van der Waals surface area (Å²) < 4.78 is 5.36. The number of aliphatic hydroxyl groups excluding tert-OH is 1. The Kier molecular flexibility index (Phi) is 5.73. The lowest BCUT2D eigenvalue weighted by molar-refractivity contribution is 0.0314. The highest BCUT2D eigenvalue weighted by Gasteiger charge is 2.20. The lowest BCUT2D eigenvalue weighted by Crippen LogP contribution is -2.44. The highest BCUT2D eigenvalue weighted by atomic mass is 16.5. The van der Waals surface area contributed by atoms with E-state index >= 15 is 0 Å². The number of amides is 1. The van der Waals surface area contributed by atoms with Gasteiger partial charge in [0.2, 0.25) is 0 Å². The number of rotatable bonds is 6. The first kappa shape index (κ1) is 17.9. The number of carbonyl (C=O) groups excluding carboxylic acids is 1. The highest BCUT2D eigenvalue weighted by molar-refractivity contribution is 5.99. The number of benzene rings is 1. The summed E-state index contributed by atoms with van der Waals surface area (Å²) >= 11 is 0. The number of hydrogen-bond acceptors (Lipinski definition) is 4. The molecule has 1 saturated heterocycles. The van der Waals surface area contributed by atoms with Crippen molar-refractivity contribution in [2.75, 3.05) is 52.5 Å². The number of carbonyl (C=O) groups is 1. The molecule has 0 bridgehead atoms. The van der Waals surface area contributed by atoms with E-state index in [0.717, 1.165) is 49.3 Å². The number of aromatic nitrogens is 1. The summed E-state index contributed by atoms with van der Waals surface area (Å²) in [6, 6.07) is 6.10. The first-order chi connectivity index (χ1) is 12.1. The van der Waals surface area contributed by atoms with Crippen molar-refractivity contribution in [1.29, 1.82) is 0 Å². The largest absolute Gasteiger partial charge is 0.395 e. The van der Waals surface area contributed by atoms with Crippen molar-refractivity contribution in [3.63, 3.8) is 0 Å². The van der Waals surface area contributed by atoms with Crippen molar-refractivity contribution < 1.29 is 14.6 Å². The summed E-state index contributed by atoms with van der Waals surface area (Å²) in [5, 5.41) is 10.4. The minimum Gasteiger partial charge on any atom is -0.395 e. The van der Waals surface area contributed by atoms with Crippen LogP contribution >= 0.6 is 0 Å². The van der Waals surface area contributed by atoms with Crippen LogP contribution < -0.4 is 0 Å². The predicted molar refractivity (Wildman–Crippen MR) is 98.0 cm³/mol. The predicted octanol–water partition coefficient (Wildman–Crippen LogP) is 1.55. The van der Waals surface area contributed by atoms with Crippen LogP contribution in [0.5, 0.6) is 0 Å². The van der Waals surface area contributed by atoms with Crippen LogP contribution in [0.15, 0.2) is 18.2 Å². The molecule has 1 amide bonds. The van der Waals surface area contributed by atoms with Crippen molar-refractivity contribution in [2.24, 2.45) is 0 Å². The molecule has 1 aliphatic heterocycles. The molecule has 0 aliphatic carbocycles. The van der Waals surface area contributed by atoms with Gasteiger partial charge in [-0.15, -0.1) is 0 Å². The van der Waals surface area contributed by atoms with Gasteiger partial charge in [0.1, 0.15) is 5.69 Å². The van der Waals surface area contributed by atoms with Gasteiger partial charge >= 0.3 is 0 Å². The van der Waals surface area contributed by atoms with E-state index in [1.165, 1.54) is 5.56 Å². The molecule has 6 nitrogen and oxygen atoms in total. The molecule has 2 N–H and O–H groups in total. The Labute approximate surface area is 148 Å². The van der Waals surface area contributed by atoms with Crippen molar-refractivity contribution >= 4 is 16.8 Å². The van der Waals surface area contributed by atoms with Gasteiger partial charge in [-0.05, 0) is 37.1 Å². The SMILES string of the molecule is Cc1cc(C)c2cc(C(=O)N(CCO)CCN3CCOCC3)[nH]c2c1. The van der Waals surface area contributed by atoms with Crippen LogP contribution in [0.1, 0.15) is 21.6 Å². The van der Waals surface area contributed by atoms with Crippen LogP contribution in [0, 0.1) is 13.8 Å². The standard InChI is InChI=1S/C19H27N3O3/c1-14-11-15(2)16-13-18(20-17(16)12-14)19(24)22(5-8-23)4-3-21-6-9-25-10-7-21/h11-13,20,23H,3-10H2,1-2H3. The number of nitrogens with one attached hydrogen (secondary N) is 1. The van der Waals surface area contributed by atoms with Gasteiger partial charge in [-0.2, -0.15) is 0 Å². The molecular formula is C19H27N3O3. The molecule has 1 aromatic carbocycles. The summed E-state index contributed by atoms with van der Waals surface area (Å²) in [6.45, 7) is 9.10. The second kappa shape index (κ2) is 7.99. The molecule has 2 aromatic rings. The van der Waals surface area contributed by atoms with Gasteiger partial charge in [-0.25, -0.2) is 0 Å². The van der Waals surface area contributed by atoms with Gasteiger partial charge in [0.15, 0.2) is 0 Å². The first-order valence-electron chi connectivity index (χ1n) is 8.88. The van der Waals surface area contributed by atoms with E-state index in [-0.39, 0.29) is 12.5 Å². The number of hydrogen-bond donors (Lipinski definition) is 2. The molecular weight excluding hydrogens is 318 g/mol. The van der Waals surface area contributed by atoms with Gasteiger partial charge < -0.3 is 19.7 Å². The minimum absolute atomic E-state index is 0.0345. The molecule has 0 unspecified atom stereocenters. The fourth-order valence-corrected chi connectivity index (χ4v) is 3.41. The molecule has 2 heterocycles. The monoisotopic (exact) mass is 345 g/mol. The Balaban J connectivity index is 1.74. The fraction of sp³-hybridized carbons (Fsp3) is 0.526. The maximum Gasteiger partial charge on any atom is 0.270 e. The zero-order valence-corrected chi connectivity index (χ0v) is 15.0. The Morgan fingerprint density at radius 3 is 2.72 bits per heavy atom. The summed E-state index contributed by atoms with van der Waals surface area (Å²) in [4.78, 5) is 20.2.